The van der Waals surface area contributed by atoms with Crippen LogP contribution in [0, 0.1) is 0 Å². The number of aromatic hydroxyl groups is 1. The number of Topliss-reactive ketones (excluding diaryl/α,β-unsaturated/α-hetero) is 1. The molecule has 0 saturated carbocycles. The predicted molar refractivity (Wildman–Crippen MR) is 83.9 cm³/mol. The van der Waals surface area contributed by atoms with Gasteiger partial charge in [-0.3, -0.25) is 4.79 Å². The Kier molecular flexibility index (Phi) is 5.62. The molecular weight excluding hydrogens is 368 g/mol. The highest BCUT2D eigenvalue weighted by Gasteiger charge is 2.31. The lowest BCUT2D eigenvalue weighted by Crippen LogP contribution is -2.17. The van der Waals surface area contributed by atoms with Gasteiger partial charge in [-0.15, -0.1) is 13.2 Å². The van der Waals surface area contributed by atoms with Crippen LogP contribution in [0.4, 0.5) is 13.2 Å². The van der Waals surface area contributed by atoms with Crippen molar-refractivity contribution in [2.75, 3.05) is 0 Å². The van der Waals surface area contributed by atoms with E-state index in [2.05, 4.69) is 4.74 Å². The number of ketones is 1. The lowest BCUT2D eigenvalue weighted by molar-refractivity contribution is -0.274. The maximum atomic E-state index is 12.1. The van der Waals surface area contributed by atoms with Crippen molar-refractivity contribution >= 4 is 29.0 Å². The number of phenolic OH excluding ortho intramolecular Hbond substituents is 1. The maximum Gasteiger partial charge on any atom is 0.573 e. The molecule has 0 atom stereocenters. The van der Waals surface area contributed by atoms with Gasteiger partial charge in [0.15, 0.2) is 5.78 Å². The largest absolute Gasteiger partial charge is 0.573 e. The molecule has 2 rings (SSSR count). The fourth-order valence-corrected chi connectivity index (χ4v) is 2.45. The van der Waals surface area contributed by atoms with E-state index in [-0.39, 0.29) is 40.0 Å². The van der Waals surface area contributed by atoms with Crippen LogP contribution in [0.15, 0.2) is 36.4 Å². The molecule has 0 bridgehead atoms. The molecule has 0 heterocycles. The summed E-state index contributed by atoms with van der Waals surface area (Å²) in [5, 5.41) is 9.59. The van der Waals surface area contributed by atoms with Crippen molar-refractivity contribution in [2.24, 2.45) is 0 Å². The first-order valence-electron chi connectivity index (χ1n) is 6.72. The number of carbonyl (C=O) groups is 1. The number of halogens is 5. The Labute approximate surface area is 145 Å². The Balaban J connectivity index is 2.02. The molecule has 0 aliphatic rings. The van der Waals surface area contributed by atoms with Crippen molar-refractivity contribution in [1.29, 1.82) is 0 Å². The van der Waals surface area contributed by atoms with Gasteiger partial charge < -0.3 is 9.84 Å². The number of hydrogen-bond acceptors (Lipinski definition) is 3. The Morgan fingerprint density at radius 2 is 1.67 bits per heavy atom. The van der Waals surface area contributed by atoms with Crippen LogP contribution < -0.4 is 4.74 Å². The quantitative estimate of drug-likeness (QED) is 0.707. The third-order valence-electron chi connectivity index (χ3n) is 3.17. The van der Waals surface area contributed by atoms with Crippen LogP contribution in [-0.4, -0.2) is 17.3 Å². The van der Waals surface area contributed by atoms with Crippen LogP contribution >= 0.6 is 23.2 Å². The van der Waals surface area contributed by atoms with Gasteiger partial charge in [-0.2, -0.15) is 0 Å². The summed E-state index contributed by atoms with van der Waals surface area (Å²) >= 11 is 11.8. The normalized spacial score (nSPS) is 11.4. The second-order valence-electron chi connectivity index (χ2n) is 4.87. The second kappa shape index (κ2) is 7.32. The van der Waals surface area contributed by atoms with Crippen molar-refractivity contribution in [2.45, 2.75) is 19.2 Å². The minimum absolute atomic E-state index is 0.00951. The highest BCUT2D eigenvalue weighted by Crippen LogP contribution is 2.34. The molecule has 2 aromatic rings. The van der Waals surface area contributed by atoms with Crippen LogP contribution in [0.25, 0.3) is 0 Å². The number of ether oxygens (including phenoxy) is 1. The summed E-state index contributed by atoms with van der Waals surface area (Å²) in [5.41, 5.74) is 0.843. The third-order valence-corrected chi connectivity index (χ3v) is 4.08. The van der Waals surface area contributed by atoms with Crippen molar-refractivity contribution in [1.82, 2.24) is 0 Å². The van der Waals surface area contributed by atoms with E-state index >= 15 is 0 Å². The Morgan fingerprint density at radius 1 is 1.04 bits per heavy atom. The molecule has 24 heavy (non-hydrogen) atoms. The molecular formula is C16H11Cl2F3O3. The van der Waals surface area contributed by atoms with Crippen LogP contribution in [0.2, 0.25) is 10.0 Å². The van der Waals surface area contributed by atoms with Crippen molar-refractivity contribution in [3.63, 3.8) is 0 Å². The Hall–Kier alpha value is -1.92. The highest BCUT2D eigenvalue weighted by molar-refractivity contribution is 6.43. The van der Waals surface area contributed by atoms with Crippen molar-refractivity contribution in [3.8, 4) is 11.5 Å². The first kappa shape index (κ1) is 18.4. The summed E-state index contributed by atoms with van der Waals surface area (Å²) in [7, 11) is 0. The monoisotopic (exact) mass is 378 g/mol. The first-order valence-corrected chi connectivity index (χ1v) is 7.48. The summed E-state index contributed by atoms with van der Waals surface area (Å²) < 4.78 is 40.0. The molecule has 0 aliphatic heterocycles. The van der Waals surface area contributed by atoms with Crippen LogP contribution in [0.1, 0.15) is 22.3 Å². The molecule has 0 aromatic heterocycles. The smallest absolute Gasteiger partial charge is 0.506 e. The van der Waals surface area contributed by atoms with E-state index < -0.39 is 12.1 Å². The molecule has 0 aliphatic carbocycles. The summed E-state index contributed by atoms with van der Waals surface area (Å²) in [6.07, 6.45) is -4.42. The number of carbonyl (C=O) groups excluding carboxylic acids is 1. The van der Waals surface area contributed by atoms with Crippen molar-refractivity contribution < 1.29 is 27.8 Å². The maximum absolute atomic E-state index is 12.1. The lowest BCUT2D eigenvalue weighted by atomic mass is 10.0. The Morgan fingerprint density at radius 3 is 2.25 bits per heavy atom. The van der Waals surface area contributed by atoms with Crippen molar-refractivity contribution in [3.05, 3.63) is 57.6 Å². The van der Waals surface area contributed by atoms with E-state index in [0.717, 1.165) is 12.1 Å². The fourth-order valence-electron chi connectivity index (χ4n) is 2.01. The summed E-state index contributed by atoms with van der Waals surface area (Å²) in [5.74, 6) is -0.821. The minimum Gasteiger partial charge on any atom is -0.506 e. The van der Waals surface area contributed by atoms with Gasteiger partial charge in [0.05, 0.1) is 5.02 Å². The number of aryl methyl sites for hydroxylation is 1. The zero-order chi connectivity index (χ0) is 17.9. The molecule has 3 nitrogen and oxygen atoms in total. The summed E-state index contributed by atoms with van der Waals surface area (Å²) in [6.45, 7) is 0. The average Bonchev–Trinajstić information content (AvgIpc) is 2.51. The molecule has 0 unspecified atom stereocenters. The summed E-state index contributed by atoms with van der Waals surface area (Å²) in [6, 6.07) is 7.59. The molecule has 1 N–H and O–H groups in total. The van der Waals surface area contributed by atoms with E-state index in [9.17, 15) is 23.1 Å². The number of phenols is 1. The summed E-state index contributed by atoms with van der Waals surface area (Å²) in [4.78, 5) is 12.1. The standard InChI is InChI=1S/C16H11Cl2F3O3/c17-14-10(4-8-13(23)15(14)18)3-7-12(22)9-1-5-11(6-2-9)24-16(19,20)21/h1-2,4-6,8,23H,3,7H2. The van der Waals surface area contributed by atoms with Gasteiger partial charge in [0.2, 0.25) is 0 Å². The first-order chi connectivity index (χ1) is 11.2. The van der Waals surface area contributed by atoms with Crippen LogP contribution in [0.3, 0.4) is 0 Å². The van der Waals surface area contributed by atoms with Gasteiger partial charge >= 0.3 is 6.36 Å². The van der Waals surface area contributed by atoms with Gasteiger partial charge in [0, 0.05) is 12.0 Å². The lowest BCUT2D eigenvalue weighted by Gasteiger charge is -2.09. The molecule has 0 fully saturated rings. The average molecular weight is 379 g/mol. The molecule has 128 valence electrons. The molecule has 2 aromatic carbocycles. The zero-order valence-electron chi connectivity index (χ0n) is 12.0. The van der Waals surface area contributed by atoms with E-state index in [0.29, 0.717) is 5.56 Å². The fraction of sp³-hybridized carbons (Fsp3) is 0.188. The predicted octanol–water partition coefficient (Wildman–Crippen LogP) is 5.41. The minimum atomic E-state index is -4.78. The van der Waals surface area contributed by atoms with Crippen LogP contribution in [-0.2, 0) is 6.42 Å². The molecule has 0 amide bonds. The number of rotatable bonds is 5. The topological polar surface area (TPSA) is 46.5 Å². The van der Waals surface area contributed by atoms with E-state index in [1.54, 1.807) is 6.07 Å². The van der Waals surface area contributed by atoms with Gasteiger partial charge in [0.25, 0.3) is 0 Å². The third kappa shape index (κ3) is 4.79. The molecule has 8 heteroatoms. The number of benzene rings is 2. The van der Waals surface area contributed by atoms with Gasteiger partial charge in [-0.05, 0) is 42.3 Å². The zero-order valence-corrected chi connectivity index (χ0v) is 13.5. The number of alkyl halides is 3. The van der Waals surface area contributed by atoms with E-state index in [1.807, 2.05) is 0 Å². The van der Waals surface area contributed by atoms with Gasteiger partial charge in [-0.25, -0.2) is 0 Å². The van der Waals surface area contributed by atoms with Gasteiger partial charge in [0.1, 0.15) is 16.5 Å². The number of hydrogen-bond donors (Lipinski definition) is 1. The van der Waals surface area contributed by atoms with Crippen LogP contribution in [0.5, 0.6) is 11.5 Å². The van der Waals surface area contributed by atoms with Gasteiger partial charge in [-0.1, -0.05) is 29.3 Å². The molecule has 0 saturated heterocycles. The highest BCUT2D eigenvalue weighted by atomic mass is 35.5. The Bertz CT molecular complexity index is 743. The SMILES string of the molecule is O=C(CCc1ccc(O)c(Cl)c1Cl)c1ccc(OC(F)(F)F)cc1. The second-order valence-corrected chi connectivity index (χ2v) is 5.62. The van der Waals surface area contributed by atoms with E-state index in [1.165, 1.54) is 18.2 Å². The van der Waals surface area contributed by atoms with E-state index in [4.69, 9.17) is 23.2 Å². The molecule has 0 spiro atoms. The molecule has 0 radical (unpaired) electrons.